The molecule has 0 atom stereocenters. The maximum Gasteiger partial charge on any atom is 0.143 e. The topological polar surface area (TPSA) is 24.5 Å². The van der Waals surface area contributed by atoms with E-state index in [0.717, 1.165) is 31.9 Å². The Morgan fingerprint density at radius 2 is 1.84 bits per heavy atom. The normalized spacial score (nSPS) is 10.8. The van der Waals surface area contributed by atoms with Crippen LogP contribution in [0, 0.1) is 0 Å². The molecule has 0 unspecified atom stereocenters. The van der Waals surface area contributed by atoms with Gasteiger partial charge in [-0.2, -0.15) is 0 Å². The van der Waals surface area contributed by atoms with Crippen molar-refractivity contribution in [1.82, 2.24) is 5.32 Å². The molecule has 1 aromatic carbocycles. The smallest absolute Gasteiger partial charge is 0.143 e. The zero-order chi connectivity index (χ0) is 14.3. The third-order valence-corrected chi connectivity index (χ3v) is 3.07. The molecule has 1 aromatic rings. The lowest BCUT2D eigenvalue weighted by Crippen LogP contribution is -2.23. The van der Waals surface area contributed by atoms with Crippen LogP contribution < -0.4 is 15.0 Å². The highest BCUT2D eigenvalue weighted by Crippen LogP contribution is 2.30. The quantitative estimate of drug-likeness (QED) is 0.778. The summed E-state index contributed by atoms with van der Waals surface area (Å²) in [5.74, 6) is 0.995. The number of ether oxygens (including phenoxy) is 1. The highest BCUT2D eigenvalue weighted by molar-refractivity contribution is 5.59. The highest BCUT2D eigenvalue weighted by atomic mass is 16.5. The average molecular weight is 264 g/mol. The molecule has 0 saturated carbocycles. The van der Waals surface area contributed by atoms with Gasteiger partial charge in [0.25, 0.3) is 0 Å². The van der Waals surface area contributed by atoms with Gasteiger partial charge in [0.1, 0.15) is 5.75 Å². The van der Waals surface area contributed by atoms with Crippen LogP contribution in [0.25, 0.3) is 0 Å². The second-order valence-corrected chi connectivity index (χ2v) is 4.92. The van der Waals surface area contributed by atoms with Gasteiger partial charge in [-0.15, -0.1) is 0 Å². The summed E-state index contributed by atoms with van der Waals surface area (Å²) in [7, 11) is 0. The average Bonchev–Trinajstić information content (AvgIpc) is 2.39. The van der Waals surface area contributed by atoms with Crippen molar-refractivity contribution >= 4 is 5.69 Å². The molecule has 19 heavy (non-hydrogen) atoms. The van der Waals surface area contributed by atoms with E-state index in [9.17, 15) is 0 Å². The molecule has 0 bridgehead atoms. The highest BCUT2D eigenvalue weighted by Gasteiger charge is 2.11. The minimum absolute atomic E-state index is 0.198. The summed E-state index contributed by atoms with van der Waals surface area (Å²) in [6, 6.07) is 6.52. The Morgan fingerprint density at radius 3 is 2.37 bits per heavy atom. The molecule has 0 spiro atoms. The van der Waals surface area contributed by atoms with Crippen LogP contribution in [0.3, 0.4) is 0 Å². The second-order valence-electron chi connectivity index (χ2n) is 4.92. The number of benzene rings is 1. The molecule has 0 aliphatic rings. The van der Waals surface area contributed by atoms with Gasteiger partial charge in [0.2, 0.25) is 0 Å². The maximum atomic E-state index is 5.98. The minimum Gasteiger partial charge on any atom is -0.489 e. The molecule has 0 saturated heterocycles. The van der Waals surface area contributed by atoms with Crippen LogP contribution in [0.5, 0.6) is 5.75 Å². The minimum atomic E-state index is 0.198. The predicted molar refractivity (Wildman–Crippen MR) is 83.1 cm³/mol. The Labute approximate surface area is 118 Å². The van der Waals surface area contributed by atoms with Gasteiger partial charge in [0.05, 0.1) is 11.8 Å². The van der Waals surface area contributed by atoms with Crippen LogP contribution in [-0.2, 0) is 6.54 Å². The van der Waals surface area contributed by atoms with Gasteiger partial charge in [0.15, 0.2) is 0 Å². The molecule has 3 nitrogen and oxygen atoms in total. The summed E-state index contributed by atoms with van der Waals surface area (Å²) in [6.45, 7) is 14.5. The van der Waals surface area contributed by atoms with E-state index in [1.165, 1.54) is 11.3 Å². The van der Waals surface area contributed by atoms with Crippen molar-refractivity contribution in [2.45, 2.75) is 47.3 Å². The van der Waals surface area contributed by atoms with Crippen molar-refractivity contribution in [2.75, 3.05) is 24.5 Å². The van der Waals surface area contributed by atoms with Crippen molar-refractivity contribution in [1.29, 1.82) is 0 Å². The van der Waals surface area contributed by atoms with Crippen LogP contribution in [-0.4, -0.2) is 25.7 Å². The lowest BCUT2D eigenvalue weighted by Gasteiger charge is -2.25. The molecule has 0 aliphatic heterocycles. The standard InChI is InChI=1S/C16H28N2O/c1-6-17-12-14-9-10-15(18(7-2)8-3)16(11-14)19-13(4)5/h9-11,13,17H,6-8,12H2,1-5H3. The van der Waals surface area contributed by atoms with Gasteiger partial charge < -0.3 is 15.0 Å². The van der Waals surface area contributed by atoms with Gasteiger partial charge in [-0.05, 0) is 51.9 Å². The summed E-state index contributed by atoms with van der Waals surface area (Å²) in [6.07, 6.45) is 0.198. The Kier molecular flexibility index (Phi) is 6.71. The molecule has 0 amide bonds. The fraction of sp³-hybridized carbons (Fsp3) is 0.625. The van der Waals surface area contributed by atoms with Crippen LogP contribution >= 0.6 is 0 Å². The van der Waals surface area contributed by atoms with Crippen LogP contribution in [0.2, 0.25) is 0 Å². The molecule has 0 heterocycles. The molecular formula is C16H28N2O. The van der Waals surface area contributed by atoms with Gasteiger partial charge in [-0.3, -0.25) is 0 Å². The number of hydrogen-bond acceptors (Lipinski definition) is 3. The summed E-state index contributed by atoms with van der Waals surface area (Å²) in [5, 5.41) is 3.35. The molecule has 1 N–H and O–H groups in total. The number of nitrogens with one attached hydrogen (secondary N) is 1. The summed E-state index contributed by atoms with van der Waals surface area (Å²) in [4.78, 5) is 2.33. The zero-order valence-electron chi connectivity index (χ0n) is 13.0. The van der Waals surface area contributed by atoms with Gasteiger partial charge >= 0.3 is 0 Å². The Morgan fingerprint density at radius 1 is 1.16 bits per heavy atom. The van der Waals surface area contributed by atoms with Crippen LogP contribution in [0.1, 0.15) is 40.2 Å². The number of rotatable bonds is 8. The molecule has 3 heteroatoms. The molecule has 108 valence electrons. The van der Waals surface area contributed by atoms with E-state index in [-0.39, 0.29) is 6.10 Å². The van der Waals surface area contributed by atoms with Crippen molar-refractivity contribution in [3.8, 4) is 5.75 Å². The summed E-state index contributed by atoms with van der Waals surface area (Å²) < 4.78 is 5.98. The SMILES string of the molecule is CCNCc1ccc(N(CC)CC)c(OC(C)C)c1. The van der Waals surface area contributed by atoms with E-state index < -0.39 is 0 Å². The predicted octanol–water partition coefficient (Wildman–Crippen LogP) is 3.43. The van der Waals surface area contributed by atoms with E-state index in [2.05, 4.69) is 63.0 Å². The first-order valence-electron chi connectivity index (χ1n) is 7.37. The van der Waals surface area contributed by atoms with E-state index in [4.69, 9.17) is 4.74 Å². The Balaban J connectivity index is 3.01. The summed E-state index contributed by atoms with van der Waals surface area (Å²) in [5.41, 5.74) is 2.47. The fourth-order valence-corrected chi connectivity index (χ4v) is 2.11. The molecule has 0 aliphatic carbocycles. The third-order valence-electron chi connectivity index (χ3n) is 3.07. The van der Waals surface area contributed by atoms with Crippen LogP contribution in [0.15, 0.2) is 18.2 Å². The van der Waals surface area contributed by atoms with Gasteiger partial charge in [0, 0.05) is 19.6 Å². The largest absolute Gasteiger partial charge is 0.489 e. The zero-order valence-corrected chi connectivity index (χ0v) is 13.0. The first kappa shape index (κ1) is 15.8. The Hall–Kier alpha value is -1.22. The molecule has 0 fully saturated rings. The third kappa shape index (κ3) is 4.75. The molecule has 0 radical (unpaired) electrons. The van der Waals surface area contributed by atoms with Crippen LogP contribution in [0.4, 0.5) is 5.69 Å². The number of hydrogen-bond donors (Lipinski definition) is 1. The van der Waals surface area contributed by atoms with Crippen molar-refractivity contribution < 1.29 is 4.74 Å². The van der Waals surface area contributed by atoms with Crippen molar-refractivity contribution in [2.24, 2.45) is 0 Å². The lowest BCUT2D eigenvalue weighted by atomic mass is 10.1. The molecular weight excluding hydrogens is 236 g/mol. The Bertz CT molecular complexity index is 373. The van der Waals surface area contributed by atoms with E-state index in [1.54, 1.807) is 0 Å². The van der Waals surface area contributed by atoms with Crippen molar-refractivity contribution in [3.63, 3.8) is 0 Å². The second kappa shape index (κ2) is 8.05. The van der Waals surface area contributed by atoms with Gasteiger partial charge in [-0.25, -0.2) is 0 Å². The van der Waals surface area contributed by atoms with Gasteiger partial charge in [-0.1, -0.05) is 13.0 Å². The van der Waals surface area contributed by atoms with E-state index >= 15 is 0 Å². The maximum absolute atomic E-state index is 5.98. The fourth-order valence-electron chi connectivity index (χ4n) is 2.11. The van der Waals surface area contributed by atoms with E-state index in [1.807, 2.05) is 0 Å². The first-order chi connectivity index (χ1) is 9.12. The number of nitrogens with zero attached hydrogens (tertiary/aromatic N) is 1. The monoisotopic (exact) mass is 264 g/mol. The van der Waals surface area contributed by atoms with E-state index in [0.29, 0.717) is 0 Å². The molecule has 1 rings (SSSR count). The lowest BCUT2D eigenvalue weighted by molar-refractivity contribution is 0.242. The van der Waals surface area contributed by atoms with Crippen molar-refractivity contribution in [3.05, 3.63) is 23.8 Å². The first-order valence-corrected chi connectivity index (χ1v) is 7.37. The summed E-state index contributed by atoms with van der Waals surface area (Å²) >= 11 is 0. The number of anilines is 1. The molecule has 0 aromatic heterocycles.